The summed E-state index contributed by atoms with van der Waals surface area (Å²) in [4.78, 5) is 11.9. The summed E-state index contributed by atoms with van der Waals surface area (Å²) in [6.45, 7) is 3.62. The number of amides is 2. The zero-order valence-corrected chi connectivity index (χ0v) is 13.1. The SMILES string of the molecule is C/C(=N\NC(=O)Nc1cccc(Cl)c1C)c1cccc(N)c1. The zero-order chi connectivity index (χ0) is 16.1. The highest BCUT2D eigenvalue weighted by atomic mass is 35.5. The van der Waals surface area contributed by atoms with E-state index in [4.69, 9.17) is 17.3 Å². The fourth-order valence-corrected chi connectivity index (χ4v) is 2.03. The average Bonchev–Trinajstić information content (AvgIpc) is 2.49. The van der Waals surface area contributed by atoms with Gasteiger partial charge in [-0.1, -0.05) is 29.8 Å². The average molecular weight is 317 g/mol. The van der Waals surface area contributed by atoms with Crippen LogP contribution in [0.1, 0.15) is 18.1 Å². The van der Waals surface area contributed by atoms with Gasteiger partial charge in [0.25, 0.3) is 0 Å². The van der Waals surface area contributed by atoms with Gasteiger partial charge in [0.1, 0.15) is 0 Å². The fourth-order valence-electron chi connectivity index (χ4n) is 1.86. The van der Waals surface area contributed by atoms with Crippen molar-refractivity contribution in [3.63, 3.8) is 0 Å². The van der Waals surface area contributed by atoms with Crippen LogP contribution in [0.5, 0.6) is 0 Å². The van der Waals surface area contributed by atoms with Crippen molar-refractivity contribution in [1.29, 1.82) is 0 Å². The summed E-state index contributed by atoms with van der Waals surface area (Å²) in [6.07, 6.45) is 0. The second-order valence-electron chi connectivity index (χ2n) is 4.80. The van der Waals surface area contributed by atoms with Gasteiger partial charge in [-0.3, -0.25) is 0 Å². The maximum absolute atomic E-state index is 11.9. The first-order valence-electron chi connectivity index (χ1n) is 6.69. The number of carbonyl (C=O) groups is 1. The Morgan fingerprint density at radius 1 is 1.23 bits per heavy atom. The molecule has 0 heterocycles. The van der Waals surface area contributed by atoms with Crippen LogP contribution in [0, 0.1) is 6.92 Å². The van der Waals surface area contributed by atoms with E-state index in [9.17, 15) is 4.79 Å². The van der Waals surface area contributed by atoms with Crippen molar-refractivity contribution in [3.05, 3.63) is 58.6 Å². The number of hydrazone groups is 1. The lowest BCUT2D eigenvalue weighted by atomic mass is 10.1. The van der Waals surface area contributed by atoms with E-state index in [-0.39, 0.29) is 0 Å². The topological polar surface area (TPSA) is 79.5 Å². The Morgan fingerprint density at radius 2 is 1.95 bits per heavy atom. The van der Waals surface area contributed by atoms with E-state index in [1.165, 1.54) is 0 Å². The molecule has 0 aliphatic rings. The maximum Gasteiger partial charge on any atom is 0.339 e. The first-order valence-corrected chi connectivity index (χ1v) is 7.07. The number of hydrogen-bond acceptors (Lipinski definition) is 3. The van der Waals surface area contributed by atoms with Crippen molar-refractivity contribution in [2.45, 2.75) is 13.8 Å². The smallest absolute Gasteiger partial charge is 0.339 e. The van der Waals surface area contributed by atoms with Crippen molar-refractivity contribution in [3.8, 4) is 0 Å². The van der Waals surface area contributed by atoms with Gasteiger partial charge < -0.3 is 11.1 Å². The van der Waals surface area contributed by atoms with Crippen molar-refractivity contribution in [1.82, 2.24) is 5.43 Å². The summed E-state index contributed by atoms with van der Waals surface area (Å²) in [7, 11) is 0. The second kappa shape index (κ2) is 6.95. The van der Waals surface area contributed by atoms with Crippen LogP contribution < -0.4 is 16.5 Å². The predicted octanol–water partition coefficient (Wildman–Crippen LogP) is 3.78. The van der Waals surface area contributed by atoms with Gasteiger partial charge in [-0.25, -0.2) is 10.2 Å². The van der Waals surface area contributed by atoms with E-state index in [1.54, 1.807) is 37.3 Å². The minimum Gasteiger partial charge on any atom is -0.399 e. The molecule has 0 aliphatic carbocycles. The number of nitrogen functional groups attached to an aromatic ring is 1. The van der Waals surface area contributed by atoms with E-state index in [2.05, 4.69) is 15.8 Å². The molecule has 0 aromatic heterocycles. The van der Waals surface area contributed by atoms with Gasteiger partial charge in [0.2, 0.25) is 0 Å². The Balaban J connectivity index is 2.03. The Hall–Kier alpha value is -2.53. The fraction of sp³-hybridized carbons (Fsp3) is 0.125. The second-order valence-corrected chi connectivity index (χ2v) is 5.21. The molecule has 0 aliphatic heterocycles. The lowest BCUT2D eigenvalue weighted by molar-refractivity contribution is 0.252. The van der Waals surface area contributed by atoms with Gasteiger partial charge in [-0.15, -0.1) is 0 Å². The number of hydrogen-bond donors (Lipinski definition) is 3. The van der Waals surface area contributed by atoms with Gasteiger partial charge in [-0.05, 0) is 49.2 Å². The van der Waals surface area contributed by atoms with Crippen LogP contribution in [-0.2, 0) is 0 Å². The molecule has 0 saturated carbocycles. The van der Waals surface area contributed by atoms with E-state index in [1.807, 2.05) is 19.1 Å². The van der Waals surface area contributed by atoms with E-state index >= 15 is 0 Å². The third-order valence-corrected chi connectivity index (χ3v) is 3.55. The number of nitrogens with zero attached hydrogens (tertiary/aromatic N) is 1. The summed E-state index contributed by atoms with van der Waals surface area (Å²) < 4.78 is 0. The van der Waals surface area contributed by atoms with Crippen LogP contribution in [0.4, 0.5) is 16.2 Å². The zero-order valence-electron chi connectivity index (χ0n) is 12.4. The minimum atomic E-state index is -0.436. The van der Waals surface area contributed by atoms with Crippen LogP contribution in [0.3, 0.4) is 0 Å². The molecule has 114 valence electrons. The molecule has 0 spiro atoms. The molecule has 0 fully saturated rings. The van der Waals surface area contributed by atoms with Crippen LogP contribution >= 0.6 is 11.6 Å². The lowest BCUT2D eigenvalue weighted by Crippen LogP contribution is -2.25. The van der Waals surface area contributed by atoms with E-state index in [0.29, 0.717) is 22.1 Å². The van der Waals surface area contributed by atoms with E-state index in [0.717, 1.165) is 11.1 Å². The number of benzene rings is 2. The van der Waals surface area contributed by atoms with Crippen LogP contribution in [0.2, 0.25) is 5.02 Å². The first-order chi connectivity index (χ1) is 10.5. The molecule has 0 saturated heterocycles. The molecule has 0 bridgehead atoms. The molecule has 0 unspecified atom stereocenters. The molecule has 0 radical (unpaired) electrons. The molecule has 2 rings (SSSR count). The highest BCUT2D eigenvalue weighted by Crippen LogP contribution is 2.22. The minimum absolute atomic E-state index is 0.436. The maximum atomic E-state index is 11.9. The monoisotopic (exact) mass is 316 g/mol. The summed E-state index contributed by atoms with van der Waals surface area (Å²) in [6, 6.07) is 12.2. The molecular formula is C16H17ClN4O. The van der Waals surface area contributed by atoms with Crippen LogP contribution in [-0.4, -0.2) is 11.7 Å². The largest absolute Gasteiger partial charge is 0.399 e. The van der Waals surface area contributed by atoms with E-state index < -0.39 is 6.03 Å². The summed E-state index contributed by atoms with van der Waals surface area (Å²) in [5.74, 6) is 0. The number of rotatable bonds is 3. The predicted molar refractivity (Wildman–Crippen MR) is 91.4 cm³/mol. The molecular weight excluding hydrogens is 300 g/mol. The summed E-state index contributed by atoms with van der Waals surface area (Å²) in [5.41, 5.74) is 11.8. The third-order valence-electron chi connectivity index (χ3n) is 3.15. The molecule has 22 heavy (non-hydrogen) atoms. The number of carbonyl (C=O) groups excluding carboxylic acids is 1. The summed E-state index contributed by atoms with van der Waals surface area (Å²) >= 11 is 6.01. The molecule has 5 nitrogen and oxygen atoms in total. The highest BCUT2D eigenvalue weighted by Gasteiger charge is 2.06. The number of anilines is 2. The van der Waals surface area contributed by atoms with Crippen molar-refractivity contribution < 1.29 is 4.79 Å². The van der Waals surface area contributed by atoms with Gasteiger partial charge in [0.15, 0.2) is 0 Å². The number of nitrogens with two attached hydrogens (primary N) is 1. The van der Waals surface area contributed by atoms with Crippen LogP contribution in [0.25, 0.3) is 0 Å². The standard InChI is InChI=1S/C16H17ClN4O/c1-10-14(17)7-4-8-15(10)19-16(22)21-20-11(2)12-5-3-6-13(18)9-12/h3-9H,18H2,1-2H3,(H2,19,21,22)/b20-11+. The Bertz CT molecular complexity index is 728. The quantitative estimate of drug-likeness (QED) is 0.458. The van der Waals surface area contributed by atoms with Crippen molar-refractivity contribution in [2.24, 2.45) is 5.10 Å². The van der Waals surface area contributed by atoms with Crippen molar-refractivity contribution >= 4 is 34.7 Å². The number of halogens is 1. The Kier molecular flexibility index (Phi) is 5.01. The van der Waals surface area contributed by atoms with Crippen LogP contribution in [0.15, 0.2) is 47.6 Å². The number of urea groups is 1. The molecule has 2 aromatic rings. The molecule has 2 amide bonds. The Morgan fingerprint density at radius 3 is 2.68 bits per heavy atom. The molecule has 0 atom stereocenters. The molecule has 2 aromatic carbocycles. The normalized spacial score (nSPS) is 11.1. The highest BCUT2D eigenvalue weighted by molar-refractivity contribution is 6.31. The van der Waals surface area contributed by atoms with Gasteiger partial charge in [0.05, 0.1) is 5.71 Å². The molecule has 6 heteroatoms. The van der Waals surface area contributed by atoms with Gasteiger partial charge in [0, 0.05) is 16.4 Å². The summed E-state index contributed by atoms with van der Waals surface area (Å²) in [5, 5.41) is 7.35. The van der Waals surface area contributed by atoms with Crippen molar-refractivity contribution in [2.75, 3.05) is 11.1 Å². The lowest BCUT2D eigenvalue weighted by Gasteiger charge is -2.09. The molecule has 4 N–H and O–H groups in total. The first kappa shape index (κ1) is 15.9. The number of nitrogens with one attached hydrogen (secondary N) is 2. The Labute approximate surface area is 134 Å². The van der Waals surface area contributed by atoms with Gasteiger partial charge in [-0.2, -0.15) is 5.10 Å². The van der Waals surface area contributed by atoms with Gasteiger partial charge >= 0.3 is 6.03 Å². The third kappa shape index (κ3) is 3.99.